The number of thioether (sulfide) groups is 1. The van der Waals surface area contributed by atoms with E-state index in [1.807, 2.05) is 31.9 Å². The predicted octanol–water partition coefficient (Wildman–Crippen LogP) is 3.82. The lowest BCUT2D eigenvalue weighted by atomic mass is 10.1. The van der Waals surface area contributed by atoms with E-state index in [1.165, 1.54) is 4.90 Å². The van der Waals surface area contributed by atoms with Gasteiger partial charge in [0.15, 0.2) is 0 Å². The van der Waals surface area contributed by atoms with Gasteiger partial charge in [-0.05, 0) is 24.6 Å². The molecule has 1 atom stereocenters. The molecule has 1 heterocycles. The molecule has 130 valence electrons. The number of aromatic nitrogens is 2. The Morgan fingerprint density at radius 1 is 1.29 bits per heavy atom. The first-order valence-corrected chi connectivity index (χ1v) is 8.99. The van der Waals surface area contributed by atoms with Crippen molar-refractivity contribution in [2.45, 2.75) is 43.5 Å². The van der Waals surface area contributed by atoms with Crippen LogP contribution in [0.4, 0.5) is 4.79 Å². The van der Waals surface area contributed by atoms with Crippen LogP contribution in [0.5, 0.6) is 0 Å². The molecule has 0 saturated heterocycles. The second kappa shape index (κ2) is 8.24. The van der Waals surface area contributed by atoms with Gasteiger partial charge < -0.3 is 10.2 Å². The fraction of sp³-hybridized carbons (Fsp3) is 0.444. The number of hydrogen-bond acceptors (Lipinski definition) is 3. The highest BCUT2D eigenvalue weighted by Gasteiger charge is 2.14. The molecule has 0 spiro atoms. The standard InChI is InChI=1S/C18H26N4OS/c1-13(2)24-17-8-6-16(7-9-17)14(3)20-18(23)21(4)11-15-10-19-22(5)12-15/h6-10,12-14H,11H2,1-5H3,(H,20,23). The van der Waals surface area contributed by atoms with E-state index in [-0.39, 0.29) is 12.1 Å². The van der Waals surface area contributed by atoms with Gasteiger partial charge in [0, 0.05) is 36.0 Å². The maximum Gasteiger partial charge on any atom is 0.317 e. The number of carbonyl (C=O) groups excluding carboxylic acids is 1. The van der Waals surface area contributed by atoms with Crippen molar-refractivity contribution in [2.75, 3.05) is 7.05 Å². The zero-order valence-electron chi connectivity index (χ0n) is 15.0. The van der Waals surface area contributed by atoms with E-state index in [4.69, 9.17) is 0 Å². The van der Waals surface area contributed by atoms with Crippen LogP contribution in [0.1, 0.15) is 37.9 Å². The Bertz CT molecular complexity index is 666. The monoisotopic (exact) mass is 346 g/mol. The fourth-order valence-electron chi connectivity index (χ4n) is 2.39. The van der Waals surface area contributed by atoms with Gasteiger partial charge >= 0.3 is 6.03 Å². The molecule has 1 aromatic carbocycles. The van der Waals surface area contributed by atoms with E-state index >= 15 is 0 Å². The third-order valence-electron chi connectivity index (χ3n) is 3.62. The van der Waals surface area contributed by atoms with Gasteiger partial charge in [0.1, 0.15) is 0 Å². The minimum atomic E-state index is -0.0908. The number of rotatable bonds is 6. The topological polar surface area (TPSA) is 50.2 Å². The lowest BCUT2D eigenvalue weighted by Crippen LogP contribution is -2.38. The summed E-state index contributed by atoms with van der Waals surface area (Å²) >= 11 is 1.84. The Labute approximate surface area is 148 Å². The van der Waals surface area contributed by atoms with Crippen LogP contribution in [0.25, 0.3) is 0 Å². The van der Waals surface area contributed by atoms with Gasteiger partial charge in [-0.1, -0.05) is 26.0 Å². The molecule has 2 aromatic rings. The number of carbonyl (C=O) groups is 1. The average molecular weight is 346 g/mol. The van der Waals surface area contributed by atoms with Crippen molar-refractivity contribution in [1.29, 1.82) is 0 Å². The molecule has 2 rings (SSSR count). The molecular formula is C18H26N4OS. The highest BCUT2D eigenvalue weighted by Crippen LogP contribution is 2.24. The summed E-state index contributed by atoms with van der Waals surface area (Å²) in [6.45, 7) is 6.90. The van der Waals surface area contributed by atoms with Crippen molar-refractivity contribution in [3.8, 4) is 0 Å². The smallest absolute Gasteiger partial charge is 0.317 e. The summed E-state index contributed by atoms with van der Waals surface area (Å²) in [6, 6.07) is 8.26. The summed E-state index contributed by atoms with van der Waals surface area (Å²) in [5.41, 5.74) is 2.11. The Balaban J connectivity index is 1.90. The Morgan fingerprint density at radius 2 is 1.96 bits per heavy atom. The van der Waals surface area contributed by atoms with Gasteiger partial charge in [-0.3, -0.25) is 4.68 Å². The zero-order chi connectivity index (χ0) is 17.7. The summed E-state index contributed by atoms with van der Waals surface area (Å²) in [5.74, 6) is 0. The molecule has 0 radical (unpaired) electrons. The molecule has 6 heteroatoms. The first kappa shape index (κ1) is 18.4. The number of amides is 2. The summed E-state index contributed by atoms with van der Waals surface area (Å²) in [5, 5.41) is 7.72. The largest absolute Gasteiger partial charge is 0.331 e. The van der Waals surface area contributed by atoms with E-state index < -0.39 is 0 Å². The van der Waals surface area contributed by atoms with Crippen LogP contribution in [-0.2, 0) is 13.6 Å². The van der Waals surface area contributed by atoms with Gasteiger partial charge in [-0.15, -0.1) is 11.8 Å². The lowest BCUT2D eigenvalue weighted by Gasteiger charge is -2.21. The second-order valence-electron chi connectivity index (χ2n) is 6.29. The zero-order valence-corrected chi connectivity index (χ0v) is 15.8. The van der Waals surface area contributed by atoms with Crippen molar-refractivity contribution in [2.24, 2.45) is 7.05 Å². The van der Waals surface area contributed by atoms with Crippen LogP contribution in [-0.4, -0.2) is 33.0 Å². The molecule has 0 aliphatic carbocycles. The van der Waals surface area contributed by atoms with Crippen LogP contribution >= 0.6 is 11.8 Å². The minimum Gasteiger partial charge on any atom is -0.331 e. The summed E-state index contributed by atoms with van der Waals surface area (Å²) in [4.78, 5) is 15.2. The Kier molecular flexibility index (Phi) is 6.31. The van der Waals surface area contributed by atoms with E-state index in [0.29, 0.717) is 11.8 Å². The van der Waals surface area contributed by atoms with Gasteiger partial charge in [-0.25, -0.2) is 4.79 Å². The first-order valence-electron chi connectivity index (χ1n) is 8.11. The molecule has 1 unspecified atom stereocenters. The third-order valence-corrected chi connectivity index (χ3v) is 4.63. The van der Waals surface area contributed by atoms with E-state index in [0.717, 1.165) is 11.1 Å². The van der Waals surface area contributed by atoms with E-state index in [9.17, 15) is 4.79 Å². The third kappa shape index (κ3) is 5.30. The molecule has 0 fully saturated rings. The van der Waals surface area contributed by atoms with Crippen molar-refractivity contribution < 1.29 is 4.79 Å². The SMILES string of the molecule is CC(C)Sc1ccc(C(C)NC(=O)N(C)Cc2cnn(C)c2)cc1. The van der Waals surface area contributed by atoms with E-state index in [1.54, 1.807) is 22.8 Å². The van der Waals surface area contributed by atoms with Crippen LogP contribution in [0.2, 0.25) is 0 Å². The number of aryl methyl sites for hydroxylation is 1. The van der Waals surface area contributed by atoms with Gasteiger partial charge in [0.05, 0.1) is 18.8 Å². The minimum absolute atomic E-state index is 0.0352. The summed E-state index contributed by atoms with van der Waals surface area (Å²) < 4.78 is 1.74. The number of nitrogens with zero attached hydrogens (tertiary/aromatic N) is 3. The van der Waals surface area contributed by atoms with E-state index in [2.05, 4.69) is 48.5 Å². The highest BCUT2D eigenvalue weighted by molar-refractivity contribution is 7.99. The van der Waals surface area contributed by atoms with Crippen LogP contribution in [0.15, 0.2) is 41.6 Å². The molecule has 0 saturated carbocycles. The Hall–Kier alpha value is -1.95. The van der Waals surface area contributed by atoms with Crippen LogP contribution in [0, 0.1) is 0 Å². The highest BCUT2D eigenvalue weighted by atomic mass is 32.2. The lowest BCUT2D eigenvalue weighted by molar-refractivity contribution is 0.203. The average Bonchev–Trinajstić information content (AvgIpc) is 2.92. The fourth-order valence-corrected chi connectivity index (χ4v) is 3.22. The predicted molar refractivity (Wildman–Crippen MR) is 99.1 cm³/mol. The van der Waals surface area contributed by atoms with Crippen LogP contribution < -0.4 is 5.32 Å². The van der Waals surface area contributed by atoms with Gasteiger partial charge in [-0.2, -0.15) is 5.10 Å². The molecule has 24 heavy (non-hydrogen) atoms. The number of hydrogen-bond donors (Lipinski definition) is 1. The quantitative estimate of drug-likeness (QED) is 0.809. The summed E-state index contributed by atoms with van der Waals surface area (Å²) in [6.07, 6.45) is 3.69. The molecule has 0 aliphatic rings. The molecular weight excluding hydrogens is 320 g/mol. The molecule has 1 N–H and O–H groups in total. The number of benzene rings is 1. The van der Waals surface area contributed by atoms with Gasteiger partial charge in [0.2, 0.25) is 0 Å². The number of urea groups is 1. The maximum atomic E-state index is 12.3. The first-order chi connectivity index (χ1) is 11.3. The molecule has 1 aromatic heterocycles. The van der Waals surface area contributed by atoms with Crippen molar-refractivity contribution in [1.82, 2.24) is 20.0 Å². The maximum absolute atomic E-state index is 12.3. The molecule has 0 bridgehead atoms. The van der Waals surface area contributed by atoms with Crippen molar-refractivity contribution >= 4 is 17.8 Å². The van der Waals surface area contributed by atoms with Crippen molar-refractivity contribution in [3.05, 3.63) is 47.8 Å². The second-order valence-corrected chi connectivity index (χ2v) is 7.94. The van der Waals surface area contributed by atoms with Crippen LogP contribution in [0.3, 0.4) is 0 Å². The molecule has 2 amide bonds. The Morgan fingerprint density at radius 3 is 2.50 bits per heavy atom. The normalized spacial score (nSPS) is 12.2. The summed E-state index contributed by atoms with van der Waals surface area (Å²) in [7, 11) is 3.66. The van der Waals surface area contributed by atoms with Crippen molar-refractivity contribution in [3.63, 3.8) is 0 Å². The molecule has 5 nitrogen and oxygen atoms in total. The molecule has 0 aliphatic heterocycles. The number of nitrogens with one attached hydrogen (secondary N) is 1. The van der Waals surface area contributed by atoms with Gasteiger partial charge in [0.25, 0.3) is 0 Å².